The van der Waals surface area contributed by atoms with Gasteiger partial charge in [0.1, 0.15) is 0 Å². The molecule has 1 atom stereocenters. The summed E-state index contributed by atoms with van der Waals surface area (Å²) in [7, 11) is 4.37. The van der Waals surface area contributed by atoms with E-state index in [9.17, 15) is 0 Å². The van der Waals surface area contributed by atoms with Gasteiger partial charge in [0, 0.05) is 9.52 Å². The Balaban J connectivity index is 3.29. The van der Waals surface area contributed by atoms with Gasteiger partial charge in [-0.25, -0.2) is 0 Å². The zero-order valence-corrected chi connectivity index (χ0v) is 9.71. The van der Waals surface area contributed by atoms with E-state index in [0.717, 1.165) is 5.54 Å². The summed E-state index contributed by atoms with van der Waals surface area (Å²) in [5.41, 5.74) is 3.36. The van der Waals surface area contributed by atoms with E-state index in [1.807, 2.05) is 0 Å². The fourth-order valence-electron chi connectivity index (χ4n) is 0.965. The van der Waals surface area contributed by atoms with Crippen LogP contribution in [0, 0.1) is 0 Å². The Labute approximate surface area is 73.3 Å². The molecule has 0 amide bonds. The predicted octanol–water partition coefficient (Wildman–Crippen LogP) is 1.45. The van der Waals surface area contributed by atoms with Crippen molar-refractivity contribution in [2.24, 2.45) is 0 Å². The molecule has 0 bridgehead atoms. The molecule has 0 fully saturated rings. The fraction of sp³-hybridized carbons (Fsp3) is 0.778. The largest absolute Gasteiger partial charge is 0.309 e. The summed E-state index contributed by atoms with van der Waals surface area (Å²) in [5.74, 6) is 0. The molecule has 0 aromatic heterocycles. The Morgan fingerprint density at radius 3 is 2.55 bits per heavy atom. The summed E-state index contributed by atoms with van der Waals surface area (Å²) in [6.45, 7) is 5.73. The van der Waals surface area contributed by atoms with Crippen molar-refractivity contribution in [2.75, 3.05) is 20.6 Å². The molecular weight excluding hydrogens is 150 g/mol. The van der Waals surface area contributed by atoms with Crippen molar-refractivity contribution >= 4 is 9.52 Å². The first-order valence-corrected chi connectivity index (χ1v) is 6.06. The maximum atomic E-state index is 2.39. The number of nitrogens with zero attached hydrogens (tertiary/aromatic N) is 1. The predicted molar refractivity (Wildman–Crippen MR) is 56.0 cm³/mol. The Kier molecular flexibility index (Phi) is 6.57. The van der Waals surface area contributed by atoms with Crippen LogP contribution in [0.3, 0.4) is 0 Å². The third-order valence-corrected chi connectivity index (χ3v) is 3.80. The highest BCUT2D eigenvalue weighted by molar-refractivity contribution is 6.43. The van der Waals surface area contributed by atoms with Gasteiger partial charge < -0.3 is 4.90 Å². The van der Waals surface area contributed by atoms with Crippen LogP contribution in [0.25, 0.3) is 0 Å². The van der Waals surface area contributed by atoms with E-state index >= 15 is 0 Å². The molecule has 1 nitrogen and oxygen atoms in total. The first-order chi connectivity index (χ1) is 5.16. The monoisotopic (exact) mass is 171 g/mol. The van der Waals surface area contributed by atoms with Gasteiger partial charge in [-0.3, -0.25) is 0 Å². The molecule has 0 aromatic carbocycles. The second-order valence-electron chi connectivity index (χ2n) is 3.50. The van der Waals surface area contributed by atoms with Crippen molar-refractivity contribution in [3.8, 4) is 0 Å². The summed E-state index contributed by atoms with van der Waals surface area (Å²) in [6.07, 6.45) is 3.56. The molecule has 0 aliphatic carbocycles. The van der Waals surface area contributed by atoms with Crippen LogP contribution in [0.5, 0.6) is 0 Å². The minimum absolute atomic E-state index is 0.0855. The molecule has 0 aliphatic rings. The topological polar surface area (TPSA) is 3.24 Å². The maximum Gasteiger partial charge on any atom is 0.0478 e. The first-order valence-electron chi connectivity index (χ1n) is 4.42. The molecule has 0 aliphatic heterocycles. The third kappa shape index (κ3) is 7.82. The Morgan fingerprint density at radius 2 is 2.09 bits per heavy atom. The van der Waals surface area contributed by atoms with E-state index in [0.29, 0.717) is 0 Å². The van der Waals surface area contributed by atoms with E-state index in [1.165, 1.54) is 13.0 Å². The number of rotatable bonds is 5. The summed E-state index contributed by atoms with van der Waals surface area (Å²) >= 11 is 0. The van der Waals surface area contributed by atoms with Crippen LogP contribution in [0.1, 0.15) is 20.3 Å². The van der Waals surface area contributed by atoms with E-state index in [1.54, 1.807) is 0 Å². The zero-order chi connectivity index (χ0) is 8.69. The summed E-state index contributed by atoms with van der Waals surface area (Å²) in [4.78, 5) is 2.26. The van der Waals surface area contributed by atoms with Crippen LogP contribution < -0.4 is 0 Å². The van der Waals surface area contributed by atoms with Gasteiger partial charge in [0.25, 0.3) is 0 Å². The van der Waals surface area contributed by atoms with Crippen LogP contribution in [-0.4, -0.2) is 35.1 Å². The average Bonchev–Trinajstić information content (AvgIpc) is 1.97. The SMILES string of the molecule is CC=C[SiH2]C(C)CCN(C)C. The van der Waals surface area contributed by atoms with Crippen LogP contribution >= 0.6 is 0 Å². The minimum Gasteiger partial charge on any atom is -0.309 e. The first kappa shape index (κ1) is 10.9. The molecule has 0 rings (SSSR count). The van der Waals surface area contributed by atoms with Gasteiger partial charge in [-0.15, -0.1) is 5.70 Å². The molecule has 11 heavy (non-hydrogen) atoms. The van der Waals surface area contributed by atoms with E-state index < -0.39 is 0 Å². The second-order valence-corrected chi connectivity index (χ2v) is 5.84. The van der Waals surface area contributed by atoms with E-state index in [-0.39, 0.29) is 9.52 Å². The van der Waals surface area contributed by atoms with Gasteiger partial charge in [-0.2, -0.15) is 0 Å². The lowest BCUT2D eigenvalue weighted by molar-refractivity contribution is 0.398. The van der Waals surface area contributed by atoms with Gasteiger partial charge >= 0.3 is 0 Å². The standard InChI is InChI=1S/C9H21NSi/c1-5-8-11-9(2)6-7-10(3)4/h5,8-9H,6-7,11H2,1-4H3. The summed E-state index contributed by atoms with van der Waals surface area (Å²) in [5, 5.41) is 0. The summed E-state index contributed by atoms with van der Waals surface area (Å²) in [6, 6.07) is 0. The molecule has 0 heterocycles. The van der Waals surface area contributed by atoms with Crippen molar-refractivity contribution in [1.82, 2.24) is 4.90 Å². The highest BCUT2D eigenvalue weighted by Gasteiger charge is 1.99. The molecular formula is C9H21NSi. The maximum absolute atomic E-state index is 2.39. The van der Waals surface area contributed by atoms with Crippen LogP contribution in [0.4, 0.5) is 0 Å². The van der Waals surface area contributed by atoms with Gasteiger partial charge in [0.2, 0.25) is 0 Å². The Morgan fingerprint density at radius 1 is 1.45 bits per heavy atom. The van der Waals surface area contributed by atoms with Crippen molar-refractivity contribution in [3.63, 3.8) is 0 Å². The number of hydrogen-bond donors (Lipinski definition) is 0. The van der Waals surface area contributed by atoms with Crippen molar-refractivity contribution < 1.29 is 0 Å². The quantitative estimate of drug-likeness (QED) is 0.566. The molecule has 0 radical (unpaired) electrons. The van der Waals surface area contributed by atoms with Crippen molar-refractivity contribution in [3.05, 3.63) is 11.8 Å². The third-order valence-electron chi connectivity index (χ3n) is 1.84. The second kappa shape index (κ2) is 6.62. The van der Waals surface area contributed by atoms with Gasteiger partial charge in [0.15, 0.2) is 0 Å². The lowest BCUT2D eigenvalue weighted by Crippen LogP contribution is -2.15. The van der Waals surface area contributed by atoms with E-state index in [4.69, 9.17) is 0 Å². The highest BCUT2D eigenvalue weighted by atomic mass is 28.2. The van der Waals surface area contributed by atoms with Crippen LogP contribution in [0.15, 0.2) is 11.8 Å². The van der Waals surface area contributed by atoms with Gasteiger partial charge in [0.05, 0.1) is 0 Å². The summed E-state index contributed by atoms with van der Waals surface area (Å²) < 4.78 is 0. The highest BCUT2D eigenvalue weighted by Crippen LogP contribution is 2.07. The molecule has 66 valence electrons. The normalized spacial score (nSPS) is 15.7. The molecule has 0 N–H and O–H groups in total. The number of allylic oxidation sites excluding steroid dienone is 1. The average molecular weight is 171 g/mol. The lowest BCUT2D eigenvalue weighted by atomic mass is 10.3. The fourth-order valence-corrected chi connectivity index (χ4v) is 2.12. The van der Waals surface area contributed by atoms with E-state index in [2.05, 4.69) is 44.6 Å². The molecule has 0 spiro atoms. The van der Waals surface area contributed by atoms with Crippen molar-refractivity contribution in [2.45, 2.75) is 25.8 Å². The smallest absolute Gasteiger partial charge is 0.0478 e. The Bertz CT molecular complexity index is 110. The molecule has 0 aromatic rings. The molecule has 0 saturated carbocycles. The van der Waals surface area contributed by atoms with Gasteiger partial charge in [-0.1, -0.05) is 13.0 Å². The number of hydrogen-bond acceptors (Lipinski definition) is 1. The van der Waals surface area contributed by atoms with Gasteiger partial charge in [-0.05, 0) is 39.5 Å². The molecule has 1 unspecified atom stereocenters. The van der Waals surface area contributed by atoms with Crippen LogP contribution in [0.2, 0.25) is 5.54 Å². The lowest BCUT2D eigenvalue weighted by Gasteiger charge is -2.12. The Hall–Kier alpha value is -0.0831. The molecule has 0 saturated heterocycles. The van der Waals surface area contributed by atoms with Crippen LogP contribution in [-0.2, 0) is 0 Å². The molecule has 2 heteroatoms. The van der Waals surface area contributed by atoms with Crippen molar-refractivity contribution in [1.29, 1.82) is 0 Å². The minimum atomic E-state index is 0.0855. The zero-order valence-electron chi connectivity index (χ0n) is 8.30.